The molecule has 1 atom stereocenters. The number of rotatable bonds is 3. The van der Waals surface area contributed by atoms with Crippen molar-refractivity contribution < 1.29 is 9.69 Å². The van der Waals surface area contributed by atoms with Crippen molar-refractivity contribution in [3.05, 3.63) is 29.3 Å². The van der Waals surface area contributed by atoms with Gasteiger partial charge in [-0.3, -0.25) is 4.79 Å². The molecule has 1 aliphatic heterocycles. The number of para-hydroxylation sites is 1. The fourth-order valence-corrected chi connectivity index (χ4v) is 2.74. The van der Waals surface area contributed by atoms with Gasteiger partial charge in [0.25, 0.3) is 5.91 Å². The van der Waals surface area contributed by atoms with E-state index in [0.717, 1.165) is 19.0 Å². The van der Waals surface area contributed by atoms with Crippen molar-refractivity contribution in [2.45, 2.75) is 32.7 Å². The molecule has 0 spiro atoms. The molecule has 1 aliphatic rings. The summed E-state index contributed by atoms with van der Waals surface area (Å²) in [4.78, 5) is 13.6. The molecule has 3 nitrogen and oxygen atoms in total. The number of hydrogen-bond acceptors (Lipinski definition) is 1. The topological polar surface area (TPSA) is 33.5 Å². The lowest BCUT2D eigenvalue weighted by Gasteiger charge is -2.31. The number of anilines is 1. The number of amides is 1. The Bertz CT molecular complexity index is 442. The first kappa shape index (κ1) is 14.4. The maximum Gasteiger partial charge on any atom is 0.282 e. The number of benzene rings is 1. The lowest BCUT2D eigenvalue weighted by atomic mass is 9.98. The van der Waals surface area contributed by atoms with E-state index in [1.807, 2.05) is 25.1 Å². The molecular weight excluding hydrogens is 260 g/mol. The van der Waals surface area contributed by atoms with E-state index < -0.39 is 0 Å². The van der Waals surface area contributed by atoms with E-state index in [4.69, 9.17) is 11.6 Å². The Morgan fingerprint density at radius 3 is 2.63 bits per heavy atom. The summed E-state index contributed by atoms with van der Waals surface area (Å²) < 4.78 is 0. The summed E-state index contributed by atoms with van der Waals surface area (Å²) in [6.07, 6.45) is 2.41. The van der Waals surface area contributed by atoms with Gasteiger partial charge in [0.1, 0.15) is 0 Å². The van der Waals surface area contributed by atoms with Crippen molar-refractivity contribution >= 4 is 23.2 Å². The molecule has 1 heterocycles. The lowest BCUT2D eigenvalue weighted by molar-refractivity contribution is -0.919. The van der Waals surface area contributed by atoms with Crippen LogP contribution >= 0.6 is 11.6 Å². The number of halogens is 1. The van der Waals surface area contributed by atoms with Crippen LogP contribution in [-0.4, -0.2) is 25.0 Å². The smallest absolute Gasteiger partial charge is 0.282 e. The summed E-state index contributed by atoms with van der Waals surface area (Å²) in [5.74, 6) is 0.847. The molecular formula is C15H22ClN2O+. The molecule has 2 N–H and O–H groups in total. The molecule has 1 aromatic carbocycles. The Morgan fingerprint density at radius 2 is 2.00 bits per heavy atom. The second-order valence-corrected chi connectivity index (χ2v) is 5.94. The molecule has 4 heteroatoms. The number of likely N-dealkylation sites (tertiary alicyclic amines) is 1. The molecule has 104 valence electrons. The van der Waals surface area contributed by atoms with E-state index in [-0.39, 0.29) is 11.9 Å². The van der Waals surface area contributed by atoms with E-state index in [1.54, 1.807) is 6.07 Å². The SMILES string of the molecule is CC1CC[NH+]([C@H](C)C(=O)Nc2ccccc2Cl)CC1. The van der Waals surface area contributed by atoms with Crippen LogP contribution in [0.3, 0.4) is 0 Å². The van der Waals surface area contributed by atoms with Gasteiger partial charge in [0, 0.05) is 0 Å². The van der Waals surface area contributed by atoms with E-state index in [1.165, 1.54) is 17.7 Å². The number of hydrogen-bond donors (Lipinski definition) is 2. The van der Waals surface area contributed by atoms with Crippen LogP contribution in [0.2, 0.25) is 5.02 Å². The molecule has 2 rings (SSSR count). The van der Waals surface area contributed by atoms with Gasteiger partial charge >= 0.3 is 0 Å². The lowest BCUT2D eigenvalue weighted by Crippen LogP contribution is -3.17. The summed E-state index contributed by atoms with van der Waals surface area (Å²) in [5.41, 5.74) is 0.700. The van der Waals surface area contributed by atoms with Crippen LogP contribution in [0, 0.1) is 5.92 Å². The van der Waals surface area contributed by atoms with Crippen molar-refractivity contribution in [3.8, 4) is 0 Å². The third kappa shape index (κ3) is 3.71. The largest absolute Gasteiger partial charge is 0.325 e. The van der Waals surface area contributed by atoms with Gasteiger partial charge in [-0.25, -0.2) is 0 Å². The zero-order valence-corrected chi connectivity index (χ0v) is 12.3. The minimum absolute atomic E-state index is 0.0243. The van der Waals surface area contributed by atoms with Crippen LogP contribution in [-0.2, 0) is 4.79 Å². The fourth-order valence-electron chi connectivity index (χ4n) is 2.55. The van der Waals surface area contributed by atoms with Gasteiger partial charge in [-0.2, -0.15) is 0 Å². The molecule has 1 aromatic rings. The van der Waals surface area contributed by atoms with Crippen molar-refractivity contribution in [1.82, 2.24) is 0 Å². The number of nitrogens with one attached hydrogen (secondary N) is 2. The van der Waals surface area contributed by atoms with Crippen LogP contribution < -0.4 is 10.2 Å². The summed E-state index contributed by atoms with van der Waals surface area (Å²) in [7, 11) is 0. The van der Waals surface area contributed by atoms with Gasteiger partial charge < -0.3 is 10.2 Å². The van der Waals surface area contributed by atoms with Crippen LogP contribution in [0.25, 0.3) is 0 Å². The Morgan fingerprint density at radius 1 is 1.37 bits per heavy atom. The first-order valence-electron chi connectivity index (χ1n) is 6.98. The molecule has 0 unspecified atom stereocenters. The summed E-state index contributed by atoms with van der Waals surface area (Å²) >= 11 is 6.06. The van der Waals surface area contributed by atoms with E-state index >= 15 is 0 Å². The van der Waals surface area contributed by atoms with Crippen LogP contribution in [0.1, 0.15) is 26.7 Å². The summed E-state index contributed by atoms with van der Waals surface area (Å²) in [6.45, 7) is 6.44. The van der Waals surface area contributed by atoms with Gasteiger partial charge in [-0.05, 0) is 37.8 Å². The normalized spacial score (nSPS) is 24.8. The van der Waals surface area contributed by atoms with Gasteiger partial charge in [0.2, 0.25) is 0 Å². The molecule has 1 amide bonds. The second-order valence-electron chi connectivity index (χ2n) is 5.53. The minimum Gasteiger partial charge on any atom is -0.325 e. The van der Waals surface area contributed by atoms with Crippen molar-refractivity contribution in [3.63, 3.8) is 0 Å². The number of quaternary nitrogens is 1. The Labute approximate surface area is 119 Å². The molecule has 19 heavy (non-hydrogen) atoms. The average molecular weight is 282 g/mol. The number of piperidine rings is 1. The molecule has 0 aromatic heterocycles. The maximum absolute atomic E-state index is 12.3. The molecule has 0 radical (unpaired) electrons. The van der Waals surface area contributed by atoms with E-state index in [2.05, 4.69) is 12.2 Å². The fraction of sp³-hybridized carbons (Fsp3) is 0.533. The molecule has 0 bridgehead atoms. The van der Waals surface area contributed by atoms with E-state index in [0.29, 0.717) is 10.7 Å². The Hall–Kier alpha value is -1.06. The summed E-state index contributed by atoms with van der Waals surface area (Å²) in [6, 6.07) is 7.33. The standard InChI is InChI=1S/C15H21ClN2O/c1-11-7-9-18(10-8-11)12(2)15(19)17-14-6-4-3-5-13(14)16/h3-6,11-12H,7-10H2,1-2H3,(H,17,19)/p+1/t12-/m1/s1. The zero-order chi connectivity index (χ0) is 13.8. The predicted octanol–water partition coefficient (Wildman–Crippen LogP) is 1.98. The highest BCUT2D eigenvalue weighted by atomic mass is 35.5. The molecule has 1 fully saturated rings. The van der Waals surface area contributed by atoms with Crippen molar-refractivity contribution in [1.29, 1.82) is 0 Å². The average Bonchev–Trinajstić information content (AvgIpc) is 2.41. The maximum atomic E-state index is 12.3. The van der Waals surface area contributed by atoms with Crippen molar-refractivity contribution in [2.24, 2.45) is 5.92 Å². The van der Waals surface area contributed by atoms with Crippen LogP contribution in [0.5, 0.6) is 0 Å². The van der Waals surface area contributed by atoms with Crippen molar-refractivity contribution in [2.75, 3.05) is 18.4 Å². The molecule has 0 aliphatic carbocycles. The van der Waals surface area contributed by atoms with Crippen LogP contribution in [0.4, 0.5) is 5.69 Å². The Balaban J connectivity index is 1.94. The van der Waals surface area contributed by atoms with Gasteiger partial charge in [0.05, 0.1) is 23.8 Å². The third-order valence-electron chi connectivity index (χ3n) is 4.05. The first-order chi connectivity index (χ1) is 9.08. The zero-order valence-electron chi connectivity index (χ0n) is 11.6. The number of carbonyl (C=O) groups excluding carboxylic acids is 1. The van der Waals surface area contributed by atoms with Gasteiger partial charge in [-0.1, -0.05) is 30.7 Å². The van der Waals surface area contributed by atoms with Crippen LogP contribution in [0.15, 0.2) is 24.3 Å². The van der Waals surface area contributed by atoms with Gasteiger partial charge in [0.15, 0.2) is 6.04 Å². The predicted molar refractivity (Wildman–Crippen MR) is 78.6 cm³/mol. The van der Waals surface area contributed by atoms with Gasteiger partial charge in [-0.15, -0.1) is 0 Å². The highest BCUT2D eigenvalue weighted by molar-refractivity contribution is 6.33. The summed E-state index contributed by atoms with van der Waals surface area (Å²) in [5, 5.41) is 3.52. The molecule has 0 saturated carbocycles. The monoisotopic (exact) mass is 281 g/mol. The highest BCUT2D eigenvalue weighted by Crippen LogP contribution is 2.20. The number of carbonyl (C=O) groups is 1. The highest BCUT2D eigenvalue weighted by Gasteiger charge is 2.28. The van der Waals surface area contributed by atoms with E-state index in [9.17, 15) is 4.79 Å². The Kier molecular flexibility index (Phi) is 4.83. The third-order valence-corrected chi connectivity index (χ3v) is 4.38. The minimum atomic E-state index is -0.0243. The second kappa shape index (κ2) is 6.40. The first-order valence-corrected chi connectivity index (χ1v) is 7.35. The quantitative estimate of drug-likeness (QED) is 0.873. The molecule has 1 saturated heterocycles.